The van der Waals surface area contributed by atoms with Crippen LogP contribution in [0.4, 0.5) is 9.18 Å². The fourth-order valence-corrected chi connectivity index (χ4v) is 4.54. The van der Waals surface area contributed by atoms with Gasteiger partial charge in [-0.2, -0.15) is 0 Å². The number of amides is 3. The minimum Gasteiger partial charge on any atom is -0.493 e. The minimum atomic E-state index is -1.10. The number of ether oxygens (including phenoxy) is 2. The number of rotatable bonds is 5. The van der Waals surface area contributed by atoms with E-state index in [1.54, 1.807) is 23.6 Å². The predicted molar refractivity (Wildman–Crippen MR) is 110 cm³/mol. The Morgan fingerprint density at radius 1 is 1.19 bits per heavy atom. The normalized spacial score (nSPS) is 19.8. The van der Waals surface area contributed by atoms with Crippen LogP contribution in [0, 0.1) is 5.82 Å². The molecule has 3 aromatic rings. The Morgan fingerprint density at radius 2 is 2.00 bits per heavy atom. The molecule has 0 aliphatic carbocycles. The molecule has 2 aromatic carbocycles. The zero-order valence-electron chi connectivity index (χ0n) is 16.3. The first-order chi connectivity index (χ1) is 15.0. The Labute approximate surface area is 181 Å². The Hall–Kier alpha value is -3.46. The zero-order chi connectivity index (χ0) is 21.4. The lowest BCUT2D eigenvalue weighted by Gasteiger charge is -2.33. The molecule has 31 heavy (non-hydrogen) atoms. The van der Waals surface area contributed by atoms with Crippen molar-refractivity contribution in [1.82, 2.24) is 15.2 Å². The number of nitrogens with zero attached hydrogens (tertiary/aromatic N) is 2. The molecular formula is C22H18FN3O4S. The number of carbonyl (C=O) groups is 2. The summed E-state index contributed by atoms with van der Waals surface area (Å²) in [7, 11) is 0. The first-order valence-corrected chi connectivity index (χ1v) is 10.6. The maximum Gasteiger partial charge on any atom is 0.325 e. The van der Waals surface area contributed by atoms with E-state index in [-0.39, 0.29) is 24.9 Å². The Balaban J connectivity index is 1.30. The van der Waals surface area contributed by atoms with E-state index in [2.05, 4.69) is 10.3 Å². The highest BCUT2D eigenvalue weighted by Crippen LogP contribution is 2.41. The van der Waals surface area contributed by atoms with Crippen LogP contribution in [-0.4, -0.2) is 28.4 Å². The van der Waals surface area contributed by atoms with E-state index in [4.69, 9.17) is 9.47 Å². The SMILES string of the molecule is O=C1NC2(CCOc3ccccc32)C(=O)N1Cc1csc(COc2ccc(F)cc2)n1. The number of para-hydroxylation sites is 1. The number of halogens is 1. The Bertz CT molecular complexity index is 1150. The monoisotopic (exact) mass is 439 g/mol. The molecule has 9 heteroatoms. The third-order valence-electron chi connectivity index (χ3n) is 5.35. The third-order valence-corrected chi connectivity index (χ3v) is 6.22. The summed E-state index contributed by atoms with van der Waals surface area (Å²) in [5.74, 6) is 0.512. The molecule has 0 radical (unpaired) electrons. The molecular weight excluding hydrogens is 421 g/mol. The van der Waals surface area contributed by atoms with Gasteiger partial charge >= 0.3 is 6.03 Å². The summed E-state index contributed by atoms with van der Waals surface area (Å²) in [4.78, 5) is 31.7. The van der Waals surface area contributed by atoms with Crippen LogP contribution in [0.25, 0.3) is 0 Å². The summed E-state index contributed by atoms with van der Waals surface area (Å²) in [6, 6.07) is 12.6. The van der Waals surface area contributed by atoms with Gasteiger partial charge in [0.25, 0.3) is 5.91 Å². The van der Waals surface area contributed by atoms with Crippen molar-refractivity contribution in [3.63, 3.8) is 0 Å². The molecule has 2 aliphatic rings. The molecule has 1 atom stereocenters. The van der Waals surface area contributed by atoms with E-state index in [9.17, 15) is 14.0 Å². The van der Waals surface area contributed by atoms with Crippen molar-refractivity contribution < 1.29 is 23.5 Å². The van der Waals surface area contributed by atoms with Crippen LogP contribution >= 0.6 is 11.3 Å². The van der Waals surface area contributed by atoms with Crippen molar-refractivity contribution in [2.45, 2.75) is 25.1 Å². The smallest absolute Gasteiger partial charge is 0.325 e. The van der Waals surface area contributed by atoms with E-state index < -0.39 is 11.6 Å². The minimum absolute atomic E-state index is 0.0719. The molecule has 1 N–H and O–H groups in total. The topological polar surface area (TPSA) is 80.8 Å². The fraction of sp³-hybridized carbons (Fsp3) is 0.227. The molecule has 7 nitrogen and oxygen atoms in total. The highest BCUT2D eigenvalue weighted by molar-refractivity contribution is 7.09. The van der Waals surface area contributed by atoms with Crippen LogP contribution in [0.3, 0.4) is 0 Å². The quantitative estimate of drug-likeness (QED) is 0.615. The van der Waals surface area contributed by atoms with Crippen LogP contribution in [0.2, 0.25) is 0 Å². The maximum absolute atomic E-state index is 13.3. The van der Waals surface area contributed by atoms with E-state index in [1.165, 1.54) is 28.4 Å². The number of urea groups is 1. The lowest BCUT2D eigenvalue weighted by atomic mass is 9.84. The van der Waals surface area contributed by atoms with Crippen molar-refractivity contribution in [2.75, 3.05) is 6.61 Å². The summed E-state index contributed by atoms with van der Waals surface area (Å²) >= 11 is 1.37. The second-order valence-electron chi connectivity index (χ2n) is 7.30. The second kappa shape index (κ2) is 7.66. The number of imide groups is 1. The van der Waals surface area contributed by atoms with E-state index in [0.29, 0.717) is 40.8 Å². The van der Waals surface area contributed by atoms with Gasteiger partial charge in [0.1, 0.15) is 28.9 Å². The predicted octanol–water partition coefficient (Wildman–Crippen LogP) is 3.59. The molecule has 0 bridgehead atoms. The summed E-state index contributed by atoms with van der Waals surface area (Å²) < 4.78 is 24.2. The van der Waals surface area contributed by atoms with Crippen LogP contribution in [0.1, 0.15) is 22.7 Å². The molecule has 5 rings (SSSR count). The number of benzene rings is 2. The van der Waals surface area contributed by atoms with Crippen molar-refractivity contribution in [2.24, 2.45) is 0 Å². The van der Waals surface area contributed by atoms with Crippen molar-refractivity contribution in [3.05, 3.63) is 76.0 Å². The van der Waals surface area contributed by atoms with E-state index in [0.717, 1.165) is 0 Å². The van der Waals surface area contributed by atoms with Crippen LogP contribution < -0.4 is 14.8 Å². The average molecular weight is 439 g/mol. The summed E-state index contributed by atoms with van der Waals surface area (Å²) in [6.07, 6.45) is 0.374. The van der Waals surface area contributed by atoms with Gasteiger partial charge in [0, 0.05) is 17.4 Å². The summed E-state index contributed by atoms with van der Waals surface area (Å²) in [5.41, 5.74) is 0.175. The van der Waals surface area contributed by atoms with Gasteiger partial charge in [-0.25, -0.2) is 14.2 Å². The molecule has 158 valence electrons. The first-order valence-electron chi connectivity index (χ1n) is 9.73. The first kappa shape index (κ1) is 19.5. The molecule has 3 heterocycles. The van der Waals surface area contributed by atoms with Gasteiger partial charge in [-0.3, -0.25) is 9.69 Å². The zero-order valence-corrected chi connectivity index (χ0v) is 17.2. The largest absolute Gasteiger partial charge is 0.493 e. The lowest BCUT2D eigenvalue weighted by Crippen LogP contribution is -2.47. The highest BCUT2D eigenvalue weighted by atomic mass is 32.1. The average Bonchev–Trinajstić information content (AvgIpc) is 3.32. The summed E-state index contributed by atoms with van der Waals surface area (Å²) in [5, 5.41) is 5.37. The molecule has 0 saturated carbocycles. The molecule has 3 amide bonds. The number of hydrogen-bond acceptors (Lipinski definition) is 6. The molecule has 1 unspecified atom stereocenters. The Morgan fingerprint density at radius 3 is 2.84 bits per heavy atom. The third kappa shape index (κ3) is 3.50. The second-order valence-corrected chi connectivity index (χ2v) is 8.24. The van der Waals surface area contributed by atoms with Gasteiger partial charge in [0.15, 0.2) is 5.54 Å². The van der Waals surface area contributed by atoms with Gasteiger partial charge in [0.2, 0.25) is 0 Å². The number of aromatic nitrogens is 1. The lowest BCUT2D eigenvalue weighted by molar-refractivity contribution is -0.133. The fourth-order valence-electron chi connectivity index (χ4n) is 3.84. The Kier molecular flexibility index (Phi) is 4.82. The van der Waals surface area contributed by atoms with Gasteiger partial charge in [-0.15, -0.1) is 11.3 Å². The molecule has 1 spiro atoms. The van der Waals surface area contributed by atoms with Crippen molar-refractivity contribution in [1.29, 1.82) is 0 Å². The van der Waals surface area contributed by atoms with Crippen LogP contribution in [0.5, 0.6) is 11.5 Å². The highest BCUT2D eigenvalue weighted by Gasteiger charge is 2.54. The van der Waals surface area contributed by atoms with Gasteiger partial charge in [-0.05, 0) is 30.3 Å². The van der Waals surface area contributed by atoms with Crippen molar-refractivity contribution >= 4 is 23.3 Å². The summed E-state index contributed by atoms with van der Waals surface area (Å²) in [6.45, 7) is 0.631. The van der Waals surface area contributed by atoms with E-state index >= 15 is 0 Å². The maximum atomic E-state index is 13.3. The van der Waals surface area contributed by atoms with Gasteiger partial charge < -0.3 is 14.8 Å². The van der Waals surface area contributed by atoms with Crippen LogP contribution in [0.15, 0.2) is 53.9 Å². The number of carbonyl (C=O) groups excluding carboxylic acids is 2. The standard InChI is InChI=1S/C22H18FN3O4S/c23-14-5-7-16(8-6-14)30-12-19-24-15(13-31-19)11-26-20(27)22(25-21(26)28)9-10-29-18-4-2-1-3-17(18)22/h1-8,13H,9-12H2,(H,25,28). The number of thiazole rings is 1. The van der Waals surface area contributed by atoms with Crippen LogP contribution in [-0.2, 0) is 23.5 Å². The number of nitrogens with one attached hydrogen (secondary N) is 1. The van der Waals surface area contributed by atoms with Gasteiger partial charge in [-0.1, -0.05) is 18.2 Å². The molecule has 1 saturated heterocycles. The molecule has 1 fully saturated rings. The molecule has 2 aliphatic heterocycles. The van der Waals surface area contributed by atoms with Gasteiger partial charge in [0.05, 0.1) is 18.8 Å². The number of fused-ring (bicyclic) bond motifs is 2. The molecule has 1 aromatic heterocycles. The number of hydrogen-bond donors (Lipinski definition) is 1. The van der Waals surface area contributed by atoms with E-state index in [1.807, 2.05) is 18.2 Å². The van der Waals surface area contributed by atoms with Crippen molar-refractivity contribution in [3.8, 4) is 11.5 Å².